The van der Waals surface area contributed by atoms with Crippen LogP contribution in [0.1, 0.15) is 17.5 Å². The Morgan fingerprint density at radius 3 is 2.52 bits per heavy atom. The minimum atomic E-state index is -0.861. The quantitative estimate of drug-likeness (QED) is 0.150. The largest absolute Gasteiger partial charge is 0.361 e. The van der Waals surface area contributed by atoms with Crippen molar-refractivity contribution < 1.29 is 19.6 Å². The van der Waals surface area contributed by atoms with Gasteiger partial charge in [0.1, 0.15) is 6.04 Å². The molecule has 1 aromatic heterocycles. The van der Waals surface area contributed by atoms with Crippen molar-refractivity contribution in [1.29, 1.82) is 0 Å². The van der Waals surface area contributed by atoms with Crippen molar-refractivity contribution in [2.75, 3.05) is 7.05 Å². The summed E-state index contributed by atoms with van der Waals surface area (Å²) in [7, 11) is 1.50. The van der Waals surface area contributed by atoms with Crippen LogP contribution in [-0.4, -0.2) is 41.0 Å². The molecule has 0 saturated carbocycles. The first-order valence-electron chi connectivity index (χ1n) is 10.4. The van der Waals surface area contributed by atoms with Crippen molar-refractivity contribution in [2.24, 2.45) is 0 Å². The highest BCUT2D eigenvalue weighted by Gasteiger charge is 2.24. The number of carbonyl (C=O) groups is 3. The minimum Gasteiger partial charge on any atom is -0.361 e. The molecule has 0 aliphatic carbocycles. The number of allylic oxidation sites excluding steroid dienone is 2. The highest BCUT2D eigenvalue weighted by atomic mass is 16.5. The number of H-pyrrole nitrogens is 1. The molecule has 0 bridgehead atoms. The molecule has 0 unspecified atom stereocenters. The highest BCUT2D eigenvalue weighted by molar-refractivity contribution is 6.01. The molecule has 3 amide bonds. The Morgan fingerprint density at radius 2 is 1.79 bits per heavy atom. The molecule has 1 atom stereocenters. The van der Waals surface area contributed by atoms with Crippen molar-refractivity contribution in [3.05, 3.63) is 89.6 Å². The summed E-state index contributed by atoms with van der Waals surface area (Å²) in [6, 6.07) is 16.3. The molecular weight excluding hydrogens is 420 g/mol. The molecule has 0 fully saturated rings. The number of aromatic nitrogens is 1. The minimum absolute atomic E-state index is 0.0987. The fraction of sp³-hybridized carbons (Fsp3) is 0.160. The van der Waals surface area contributed by atoms with Gasteiger partial charge in [0.25, 0.3) is 0 Å². The third-order valence-corrected chi connectivity index (χ3v) is 5.12. The lowest BCUT2D eigenvalue weighted by molar-refractivity contribution is -0.130. The standard InChI is InChI=1S/C25H26N4O4/c1-26-25(32)22(14-19-16-27-21-13-6-5-12-20(19)21)28-24(31)18(15-23(30)29-33)11-7-10-17-8-3-2-4-9-17/h2-13,16,22,27,33H,14-15H2,1H3,(H,26,32)(H,28,31)(H,29,30)/b10-7+,18-11+/t22-/m0/s1. The number of aromatic amines is 1. The van der Waals surface area contributed by atoms with Gasteiger partial charge in [-0.3, -0.25) is 19.6 Å². The summed E-state index contributed by atoms with van der Waals surface area (Å²) in [5.74, 6) is -1.68. The van der Waals surface area contributed by atoms with E-state index in [0.717, 1.165) is 22.0 Å². The Hall–Kier alpha value is -4.17. The van der Waals surface area contributed by atoms with E-state index in [2.05, 4.69) is 15.6 Å². The first kappa shape index (κ1) is 23.5. The van der Waals surface area contributed by atoms with E-state index in [1.807, 2.05) is 60.8 Å². The van der Waals surface area contributed by atoms with Crippen LogP contribution in [0.3, 0.4) is 0 Å². The average molecular weight is 447 g/mol. The number of rotatable bonds is 9. The van der Waals surface area contributed by atoms with Gasteiger partial charge < -0.3 is 15.6 Å². The molecule has 2 aromatic carbocycles. The second-order valence-corrected chi connectivity index (χ2v) is 7.38. The first-order valence-corrected chi connectivity index (χ1v) is 10.4. The molecule has 33 heavy (non-hydrogen) atoms. The lowest BCUT2D eigenvalue weighted by atomic mass is 10.0. The number of carbonyl (C=O) groups excluding carboxylic acids is 3. The van der Waals surface area contributed by atoms with Gasteiger partial charge in [-0.1, -0.05) is 66.8 Å². The van der Waals surface area contributed by atoms with Crippen molar-refractivity contribution in [3.63, 3.8) is 0 Å². The van der Waals surface area contributed by atoms with Crippen LogP contribution in [0.5, 0.6) is 0 Å². The monoisotopic (exact) mass is 446 g/mol. The van der Waals surface area contributed by atoms with Crippen LogP contribution in [0.15, 0.2) is 78.5 Å². The Morgan fingerprint density at radius 1 is 1.06 bits per heavy atom. The Labute approximate surface area is 191 Å². The average Bonchev–Trinajstić information content (AvgIpc) is 3.25. The van der Waals surface area contributed by atoms with E-state index < -0.39 is 17.9 Å². The fourth-order valence-corrected chi connectivity index (χ4v) is 3.42. The van der Waals surface area contributed by atoms with Gasteiger partial charge >= 0.3 is 0 Å². The smallest absolute Gasteiger partial charge is 0.248 e. The molecule has 5 N–H and O–H groups in total. The summed E-state index contributed by atoms with van der Waals surface area (Å²) < 4.78 is 0. The van der Waals surface area contributed by atoms with Crippen molar-refractivity contribution >= 4 is 34.7 Å². The Balaban J connectivity index is 1.81. The molecule has 1 heterocycles. The molecule has 8 heteroatoms. The number of likely N-dealkylation sites (N-methyl/N-ethyl adjacent to an activating group) is 1. The summed E-state index contributed by atoms with van der Waals surface area (Å²) in [4.78, 5) is 40.4. The number of hydroxylamine groups is 1. The van der Waals surface area contributed by atoms with E-state index in [4.69, 9.17) is 5.21 Å². The first-order chi connectivity index (χ1) is 16.0. The number of hydrogen-bond donors (Lipinski definition) is 5. The maximum absolute atomic E-state index is 13.0. The zero-order valence-corrected chi connectivity index (χ0v) is 18.2. The lowest BCUT2D eigenvalue weighted by Crippen LogP contribution is -2.47. The van der Waals surface area contributed by atoms with E-state index >= 15 is 0 Å². The third-order valence-electron chi connectivity index (χ3n) is 5.12. The van der Waals surface area contributed by atoms with Gasteiger partial charge in [0.2, 0.25) is 17.7 Å². The number of para-hydroxylation sites is 1. The zero-order valence-electron chi connectivity index (χ0n) is 18.2. The second kappa shape index (κ2) is 11.4. The van der Waals surface area contributed by atoms with Crippen molar-refractivity contribution in [1.82, 2.24) is 21.1 Å². The summed E-state index contributed by atoms with van der Waals surface area (Å²) in [5, 5.41) is 15.2. The summed E-state index contributed by atoms with van der Waals surface area (Å²) in [6.45, 7) is 0. The Bertz CT molecular complexity index is 1180. The van der Waals surface area contributed by atoms with Crippen molar-refractivity contribution in [3.8, 4) is 0 Å². The molecule has 3 rings (SSSR count). The van der Waals surface area contributed by atoms with E-state index in [1.165, 1.54) is 18.6 Å². The number of fused-ring (bicyclic) bond motifs is 1. The van der Waals surface area contributed by atoms with E-state index in [9.17, 15) is 14.4 Å². The zero-order chi connectivity index (χ0) is 23.6. The van der Waals surface area contributed by atoms with Crippen LogP contribution in [0.4, 0.5) is 0 Å². The van der Waals surface area contributed by atoms with Crippen LogP contribution in [0.2, 0.25) is 0 Å². The molecule has 8 nitrogen and oxygen atoms in total. The van der Waals surface area contributed by atoms with Gasteiger partial charge in [-0.15, -0.1) is 0 Å². The predicted octanol–water partition coefficient (Wildman–Crippen LogP) is 2.48. The fourth-order valence-electron chi connectivity index (χ4n) is 3.42. The summed E-state index contributed by atoms with van der Waals surface area (Å²) >= 11 is 0. The number of nitrogens with one attached hydrogen (secondary N) is 4. The number of hydrogen-bond acceptors (Lipinski definition) is 4. The van der Waals surface area contributed by atoms with Crippen LogP contribution >= 0.6 is 0 Å². The molecule has 0 saturated heterocycles. The number of amides is 3. The lowest BCUT2D eigenvalue weighted by Gasteiger charge is -2.18. The SMILES string of the molecule is CNC(=O)[C@H](Cc1c[nH]c2ccccc12)NC(=O)/C(=C/C=C/c1ccccc1)CC(=O)NO. The van der Waals surface area contributed by atoms with Gasteiger partial charge in [-0.05, 0) is 17.2 Å². The van der Waals surface area contributed by atoms with Crippen LogP contribution in [0.25, 0.3) is 17.0 Å². The van der Waals surface area contributed by atoms with Gasteiger partial charge in [-0.2, -0.15) is 0 Å². The van der Waals surface area contributed by atoms with Crippen LogP contribution in [-0.2, 0) is 20.8 Å². The summed E-state index contributed by atoms with van der Waals surface area (Å²) in [5.41, 5.74) is 4.36. The molecule has 170 valence electrons. The normalized spacial score (nSPS) is 12.5. The topological polar surface area (TPSA) is 123 Å². The van der Waals surface area contributed by atoms with Crippen LogP contribution in [0, 0.1) is 0 Å². The summed E-state index contributed by atoms with van der Waals surface area (Å²) in [6.07, 6.45) is 6.63. The Kier molecular flexibility index (Phi) is 8.15. The maximum atomic E-state index is 13.0. The second-order valence-electron chi connectivity index (χ2n) is 7.38. The van der Waals surface area contributed by atoms with E-state index in [1.54, 1.807) is 12.2 Å². The van der Waals surface area contributed by atoms with Gasteiger partial charge in [0.15, 0.2) is 0 Å². The van der Waals surface area contributed by atoms with Gasteiger partial charge in [0.05, 0.1) is 6.42 Å². The molecule has 0 radical (unpaired) electrons. The molecule has 3 aromatic rings. The maximum Gasteiger partial charge on any atom is 0.248 e. The molecule has 0 aliphatic rings. The predicted molar refractivity (Wildman–Crippen MR) is 126 cm³/mol. The van der Waals surface area contributed by atoms with Crippen LogP contribution < -0.4 is 16.1 Å². The molecular formula is C25H26N4O4. The highest BCUT2D eigenvalue weighted by Crippen LogP contribution is 2.19. The van der Waals surface area contributed by atoms with Gasteiger partial charge in [0, 0.05) is 36.1 Å². The van der Waals surface area contributed by atoms with E-state index in [0.29, 0.717) is 0 Å². The molecule has 0 spiro atoms. The van der Waals surface area contributed by atoms with E-state index in [-0.39, 0.29) is 24.3 Å². The third kappa shape index (κ3) is 6.41. The molecule has 0 aliphatic heterocycles. The number of benzene rings is 2. The van der Waals surface area contributed by atoms with Gasteiger partial charge in [-0.25, -0.2) is 5.48 Å². The van der Waals surface area contributed by atoms with Crippen molar-refractivity contribution in [2.45, 2.75) is 18.9 Å².